The standard InChI is InChI=1S/C14H17F2NO3/c1-2-13(18)17-6-7-19-12(9-17)10-4-3-5-11(8-10)20-14(15)16/h3-5,8,12,14H,2,6-7,9H2,1H3. The minimum atomic E-state index is -2.85. The summed E-state index contributed by atoms with van der Waals surface area (Å²) in [7, 11) is 0. The first-order valence-electron chi connectivity index (χ1n) is 6.54. The van der Waals surface area contributed by atoms with Crippen molar-refractivity contribution in [1.82, 2.24) is 4.90 Å². The topological polar surface area (TPSA) is 38.8 Å². The Hall–Kier alpha value is -1.69. The number of hydrogen-bond acceptors (Lipinski definition) is 3. The molecule has 1 fully saturated rings. The van der Waals surface area contributed by atoms with Gasteiger partial charge < -0.3 is 14.4 Å². The Morgan fingerprint density at radius 1 is 1.55 bits per heavy atom. The molecule has 1 aromatic carbocycles. The Morgan fingerprint density at radius 3 is 3.05 bits per heavy atom. The highest BCUT2D eigenvalue weighted by Crippen LogP contribution is 2.26. The van der Waals surface area contributed by atoms with E-state index in [9.17, 15) is 13.6 Å². The van der Waals surface area contributed by atoms with Crippen LogP contribution in [0, 0.1) is 0 Å². The molecule has 1 aliphatic heterocycles. The SMILES string of the molecule is CCC(=O)N1CCOC(c2cccc(OC(F)F)c2)C1. The van der Waals surface area contributed by atoms with Crippen molar-refractivity contribution >= 4 is 5.91 Å². The van der Waals surface area contributed by atoms with Crippen molar-refractivity contribution in [2.45, 2.75) is 26.1 Å². The zero-order valence-electron chi connectivity index (χ0n) is 11.2. The number of benzene rings is 1. The van der Waals surface area contributed by atoms with Crippen LogP contribution in [0.1, 0.15) is 25.0 Å². The van der Waals surface area contributed by atoms with E-state index in [-0.39, 0.29) is 17.8 Å². The van der Waals surface area contributed by atoms with Crippen LogP contribution in [-0.4, -0.2) is 37.1 Å². The molecule has 0 aromatic heterocycles. The normalized spacial score (nSPS) is 19.2. The van der Waals surface area contributed by atoms with Crippen LogP contribution >= 0.6 is 0 Å². The average molecular weight is 285 g/mol. The van der Waals surface area contributed by atoms with E-state index in [2.05, 4.69) is 4.74 Å². The summed E-state index contributed by atoms with van der Waals surface area (Å²) in [5.74, 6) is 0.165. The van der Waals surface area contributed by atoms with Crippen LogP contribution in [0.2, 0.25) is 0 Å². The molecule has 1 heterocycles. The molecule has 1 aromatic rings. The fraction of sp³-hybridized carbons (Fsp3) is 0.500. The van der Waals surface area contributed by atoms with Gasteiger partial charge in [-0.25, -0.2) is 0 Å². The highest BCUT2D eigenvalue weighted by molar-refractivity contribution is 5.75. The van der Waals surface area contributed by atoms with Gasteiger partial charge in [0.05, 0.1) is 13.2 Å². The third kappa shape index (κ3) is 3.66. The first-order chi connectivity index (χ1) is 9.60. The predicted molar refractivity (Wildman–Crippen MR) is 68.6 cm³/mol. The van der Waals surface area contributed by atoms with Crippen molar-refractivity contribution in [2.75, 3.05) is 19.7 Å². The zero-order valence-corrected chi connectivity index (χ0v) is 11.2. The fourth-order valence-electron chi connectivity index (χ4n) is 2.19. The van der Waals surface area contributed by atoms with E-state index in [4.69, 9.17) is 4.74 Å². The Labute approximate surface area is 116 Å². The fourth-order valence-corrected chi connectivity index (χ4v) is 2.19. The lowest BCUT2D eigenvalue weighted by atomic mass is 10.1. The smallest absolute Gasteiger partial charge is 0.387 e. The van der Waals surface area contributed by atoms with E-state index in [0.29, 0.717) is 26.1 Å². The summed E-state index contributed by atoms with van der Waals surface area (Å²) >= 11 is 0. The molecular formula is C14H17F2NO3. The maximum atomic E-state index is 12.2. The molecule has 2 rings (SSSR count). The number of halogens is 2. The molecule has 6 heteroatoms. The Balaban J connectivity index is 2.08. The van der Waals surface area contributed by atoms with E-state index in [1.54, 1.807) is 17.0 Å². The summed E-state index contributed by atoms with van der Waals surface area (Å²) in [4.78, 5) is 13.4. The van der Waals surface area contributed by atoms with Gasteiger partial charge in [0.15, 0.2) is 0 Å². The Kier molecular flexibility index (Phi) is 4.89. The van der Waals surface area contributed by atoms with Crippen LogP contribution in [0.15, 0.2) is 24.3 Å². The van der Waals surface area contributed by atoms with E-state index in [0.717, 1.165) is 5.56 Å². The average Bonchev–Trinajstić information content (AvgIpc) is 2.46. The van der Waals surface area contributed by atoms with Gasteiger partial charge in [-0.3, -0.25) is 4.79 Å². The number of carbonyl (C=O) groups is 1. The predicted octanol–water partition coefficient (Wildman–Crippen LogP) is 2.60. The second-order valence-corrected chi connectivity index (χ2v) is 4.50. The van der Waals surface area contributed by atoms with Gasteiger partial charge in [-0.2, -0.15) is 8.78 Å². The van der Waals surface area contributed by atoms with Crippen LogP contribution < -0.4 is 4.74 Å². The Bertz CT molecular complexity index is 467. The van der Waals surface area contributed by atoms with Gasteiger partial charge in [-0.15, -0.1) is 0 Å². The van der Waals surface area contributed by atoms with Crippen LogP contribution in [0.25, 0.3) is 0 Å². The van der Waals surface area contributed by atoms with Gasteiger partial charge in [0.25, 0.3) is 0 Å². The van der Waals surface area contributed by atoms with Crippen molar-refractivity contribution in [2.24, 2.45) is 0 Å². The number of rotatable bonds is 4. The second kappa shape index (κ2) is 6.65. The number of alkyl halides is 2. The first-order valence-corrected chi connectivity index (χ1v) is 6.54. The number of ether oxygens (including phenoxy) is 2. The van der Waals surface area contributed by atoms with Crippen molar-refractivity contribution < 1.29 is 23.0 Å². The maximum absolute atomic E-state index is 12.2. The van der Waals surface area contributed by atoms with Gasteiger partial charge in [0.2, 0.25) is 5.91 Å². The van der Waals surface area contributed by atoms with E-state index in [1.165, 1.54) is 12.1 Å². The van der Waals surface area contributed by atoms with E-state index in [1.807, 2.05) is 6.92 Å². The summed E-state index contributed by atoms with van der Waals surface area (Å²) in [6.45, 7) is 0.400. The van der Waals surface area contributed by atoms with Gasteiger partial charge in [-0.05, 0) is 17.7 Å². The summed E-state index contributed by atoms with van der Waals surface area (Å²) in [5.41, 5.74) is 0.733. The molecule has 1 unspecified atom stereocenters. The molecule has 4 nitrogen and oxygen atoms in total. The van der Waals surface area contributed by atoms with Crippen LogP contribution in [-0.2, 0) is 9.53 Å². The van der Waals surface area contributed by atoms with E-state index >= 15 is 0 Å². The number of hydrogen-bond donors (Lipinski definition) is 0. The lowest BCUT2D eigenvalue weighted by Crippen LogP contribution is -2.41. The summed E-state index contributed by atoms with van der Waals surface area (Å²) < 4.78 is 34.4. The minimum absolute atomic E-state index is 0.0679. The lowest BCUT2D eigenvalue weighted by Gasteiger charge is -2.33. The monoisotopic (exact) mass is 285 g/mol. The zero-order chi connectivity index (χ0) is 14.5. The molecular weight excluding hydrogens is 268 g/mol. The Morgan fingerprint density at radius 2 is 2.35 bits per heavy atom. The molecule has 0 N–H and O–H groups in total. The molecule has 0 saturated carbocycles. The quantitative estimate of drug-likeness (QED) is 0.853. The van der Waals surface area contributed by atoms with Gasteiger partial charge in [0.1, 0.15) is 11.9 Å². The third-order valence-electron chi connectivity index (χ3n) is 3.18. The molecule has 0 bridgehead atoms. The van der Waals surface area contributed by atoms with Gasteiger partial charge in [0, 0.05) is 13.0 Å². The number of amides is 1. The molecule has 20 heavy (non-hydrogen) atoms. The maximum Gasteiger partial charge on any atom is 0.387 e. The van der Waals surface area contributed by atoms with Gasteiger partial charge >= 0.3 is 6.61 Å². The van der Waals surface area contributed by atoms with Crippen molar-refractivity contribution in [3.63, 3.8) is 0 Å². The molecule has 1 aliphatic rings. The van der Waals surface area contributed by atoms with E-state index < -0.39 is 6.61 Å². The molecule has 1 saturated heterocycles. The second-order valence-electron chi connectivity index (χ2n) is 4.50. The third-order valence-corrected chi connectivity index (χ3v) is 3.18. The highest BCUT2D eigenvalue weighted by atomic mass is 19.3. The largest absolute Gasteiger partial charge is 0.435 e. The summed E-state index contributed by atoms with van der Waals surface area (Å²) in [6, 6.07) is 6.41. The van der Waals surface area contributed by atoms with Crippen LogP contribution in [0.5, 0.6) is 5.75 Å². The minimum Gasteiger partial charge on any atom is -0.435 e. The first kappa shape index (κ1) is 14.7. The molecule has 0 radical (unpaired) electrons. The number of nitrogens with zero attached hydrogens (tertiary/aromatic N) is 1. The number of morpholine rings is 1. The van der Waals surface area contributed by atoms with Gasteiger partial charge in [-0.1, -0.05) is 19.1 Å². The van der Waals surface area contributed by atoms with Crippen molar-refractivity contribution in [3.8, 4) is 5.75 Å². The molecule has 0 spiro atoms. The molecule has 1 amide bonds. The van der Waals surface area contributed by atoms with Crippen molar-refractivity contribution in [3.05, 3.63) is 29.8 Å². The molecule has 1 atom stereocenters. The van der Waals surface area contributed by atoms with Crippen molar-refractivity contribution in [1.29, 1.82) is 0 Å². The molecule has 0 aliphatic carbocycles. The van der Waals surface area contributed by atoms with Crippen LogP contribution in [0.4, 0.5) is 8.78 Å². The highest BCUT2D eigenvalue weighted by Gasteiger charge is 2.24. The van der Waals surface area contributed by atoms with Crippen LogP contribution in [0.3, 0.4) is 0 Å². The summed E-state index contributed by atoms with van der Waals surface area (Å²) in [6.07, 6.45) is 0.141. The summed E-state index contributed by atoms with van der Waals surface area (Å²) in [5, 5.41) is 0. The number of carbonyl (C=O) groups excluding carboxylic acids is 1. The molecule has 110 valence electrons. The lowest BCUT2D eigenvalue weighted by molar-refractivity contribution is -0.138.